The van der Waals surface area contributed by atoms with Crippen LogP contribution in [0.5, 0.6) is 5.75 Å². The van der Waals surface area contributed by atoms with Crippen LogP contribution in [0.15, 0.2) is 102 Å². The van der Waals surface area contributed by atoms with Gasteiger partial charge in [0.25, 0.3) is 5.91 Å². The van der Waals surface area contributed by atoms with Crippen molar-refractivity contribution in [2.45, 2.75) is 20.3 Å². The van der Waals surface area contributed by atoms with Gasteiger partial charge in [-0.05, 0) is 66.6 Å². The molecule has 0 saturated carbocycles. The predicted molar refractivity (Wildman–Crippen MR) is 167 cm³/mol. The van der Waals surface area contributed by atoms with E-state index in [9.17, 15) is 4.79 Å². The Balaban J connectivity index is 0.00000400. The minimum Gasteiger partial charge on any atom is -0.494 e. The molecule has 0 atom stereocenters. The number of hydrogen-bond donors (Lipinski definition) is 0. The second kappa shape index (κ2) is 14.9. The molecule has 3 aromatic carbocycles. The van der Waals surface area contributed by atoms with Crippen molar-refractivity contribution in [2.24, 2.45) is 0 Å². The van der Waals surface area contributed by atoms with Crippen LogP contribution < -0.4 is 9.64 Å². The molecule has 3 aromatic rings. The van der Waals surface area contributed by atoms with Crippen molar-refractivity contribution < 1.29 is 9.53 Å². The predicted octanol–water partition coefficient (Wildman–Crippen LogP) is 7.60. The van der Waals surface area contributed by atoms with Gasteiger partial charge in [-0.25, -0.2) is 0 Å². The number of carbonyl (C=O) groups is 1. The summed E-state index contributed by atoms with van der Waals surface area (Å²) in [5.41, 5.74) is 3.98. The van der Waals surface area contributed by atoms with Crippen LogP contribution >= 0.6 is 36.4 Å². The SMILES string of the molecule is CCN(CC)CCCOc1ccc(N2C(=O)C(=CC=C(c3ccccc3)c3ccccc3)SC2=S)cc1.Cl. The van der Waals surface area contributed by atoms with Crippen LogP contribution in [0.4, 0.5) is 5.69 Å². The molecule has 0 N–H and O–H groups in total. The third-order valence-corrected chi connectivity index (χ3v) is 7.56. The number of ether oxygens (including phenoxy) is 1. The van der Waals surface area contributed by atoms with E-state index >= 15 is 0 Å². The molecular weight excluding hydrogens is 532 g/mol. The van der Waals surface area contributed by atoms with E-state index in [1.165, 1.54) is 11.8 Å². The van der Waals surface area contributed by atoms with Crippen molar-refractivity contribution >= 4 is 57.9 Å². The topological polar surface area (TPSA) is 32.8 Å². The van der Waals surface area contributed by atoms with Gasteiger partial charge in [-0.1, -0.05) is 105 Å². The van der Waals surface area contributed by atoms with Crippen molar-refractivity contribution in [2.75, 3.05) is 31.1 Å². The molecule has 1 aliphatic heterocycles. The Morgan fingerprint density at radius 1 is 0.921 bits per heavy atom. The molecule has 4 rings (SSSR count). The maximum atomic E-state index is 13.3. The second-order valence-corrected chi connectivity index (χ2v) is 10.3. The number of halogens is 1. The fourth-order valence-electron chi connectivity index (χ4n) is 4.17. The highest BCUT2D eigenvalue weighted by atomic mass is 35.5. The lowest BCUT2D eigenvalue weighted by molar-refractivity contribution is -0.113. The molecular formula is C31H33ClN2O2S2. The first kappa shape index (κ1) is 29.7. The van der Waals surface area contributed by atoms with Crippen molar-refractivity contribution in [1.29, 1.82) is 0 Å². The number of nitrogens with zero attached hydrogens (tertiary/aromatic N) is 2. The zero-order valence-electron chi connectivity index (χ0n) is 21.7. The second-order valence-electron chi connectivity index (χ2n) is 8.57. The molecule has 38 heavy (non-hydrogen) atoms. The number of thiocarbonyl (C=S) groups is 1. The summed E-state index contributed by atoms with van der Waals surface area (Å²) in [4.78, 5) is 17.9. The largest absolute Gasteiger partial charge is 0.494 e. The summed E-state index contributed by atoms with van der Waals surface area (Å²) in [5, 5.41) is 0. The van der Waals surface area contributed by atoms with Gasteiger partial charge in [0.05, 0.1) is 17.2 Å². The molecule has 0 unspecified atom stereocenters. The number of allylic oxidation sites excluding steroid dienone is 2. The van der Waals surface area contributed by atoms with E-state index in [4.69, 9.17) is 17.0 Å². The van der Waals surface area contributed by atoms with Gasteiger partial charge in [0.2, 0.25) is 0 Å². The van der Waals surface area contributed by atoms with Crippen LogP contribution in [0.3, 0.4) is 0 Å². The Labute approximate surface area is 241 Å². The molecule has 0 bridgehead atoms. The molecule has 1 aliphatic rings. The lowest BCUT2D eigenvalue weighted by Crippen LogP contribution is -2.27. The summed E-state index contributed by atoms with van der Waals surface area (Å²) < 4.78 is 6.43. The molecule has 1 fully saturated rings. The molecule has 0 radical (unpaired) electrons. The van der Waals surface area contributed by atoms with Crippen molar-refractivity contribution in [3.8, 4) is 5.75 Å². The lowest BCUT2D eigenvalue weighted by Gasteiger charge is -2.18. The van der Waals surface area contributed by atoms with E-state index in [-0.39, 0.29) is 18.3 Å². The van der Waals surface area contributed by atoms with Crippen LogP contribution in [0, 0.1) is 0 Å². The van der Waals surface area contributed by atoms with E-state index in [2.05, 4.69) is 43.0 Å². The third-order valence-electron chi connectivity index (χ3n) is 6.24. The minimum atomic E-state index is -0.111. The molecule has 1 heterocycles. The Bertz CT molecular complexity index is 1220. The molecule has 1 amide bonds. The minimum absolute atomic E-state index is 0. The van der Waals surface area contributed by atoms with Gasteiger partial charge in [0.15, 0.2) is 4.32 Å². The molecule has 7 heteroatoms. The Morgan fingerprint density at radius 3 is 2.05 bits per heavy atom. The van der Waals surface area contributed by atoms with Crippen LogP contribution in [0.1, 0.15) is 31.4 Å². The van der Waals surface area contributed by atoms with Gasteiger partial charge >= 0.3 is 0 Å². The molecule has 4 nitrogen and oxygen atoms in total. The van der Waals surface area contributed by atoms with Crippen LogP contribution in [0.2, 0.25) is 0 Å². The number of hydrogen-bond acceptors (Lipinski definition) is 5. The Kier molecular flexibility index (Phi) is 11.6. The summed E-state index contributed by atoms with van der Waals surface area (Å²) in [5.74, 6) is 0.683. The number of anilines is 1. The fourth-order valence-corrected chi connectivity index (χ4v) is 5.41. The van der Waals surface area contributed by atoms with Gasteiger partial charge in [-0.15, -0.1) is 12.4 Å². The Morgan fingerprint density at radius 2 is 1.50 bits per heavy atom. The average molecular weight is 565 g/mol. The number of carbonyl (C=O) groups excluding carboxylic acids is 1. The summed E-state index contributed by atoms with van der Waals surface area (Å²) in [6.07, 6.45) is 4.86. The maximum Gasteiger partial charge on any atom is 0.270 e. The number of rotatable bonds is 11. The van der Waals surface area contributed by atoms with Gasteiger partial charge in [-0.3, -0.25) is 9.69 Å². The van der Waals surface area contributed by atoms with E-state index in [0.717, 1.165) is 54.2 Å². The molecule has 0 spiro atoms. The zero-order valence-corrected chi connectivity index (χ0v) is 24.2. The molecule has 1 saturated heterocycles. The standard InChI is InChI=1S/C31H32N2O2S2.ClH/c1-3-32(4-2)22-11-23-35-27-18-16-26(17-19-27)33-30(34)29(37-31(33)36)21-20-28(24-12-7-5-8-13-24)25-14-9-6-10-15-25;/h5-10,12-21H,3-4,11,22-23H2,1-2H3;1H. The van der Waals surface area contributed by atoms with Crippen molar-refractivity contribution in [3.63, 3.8) is 0 Å². The molecule has 0 aromatic heterocycles. The van der Waals surface area contributed by atoms with Crippen molar-refractivity contribution in [1.82, 2.24) is 4.90 Å². The number of benzene rings is 3. The van der Waals surface area contributed by atoms with Crippen LogP contribution in [0.25, 0.3) is 5.57 Å². The third kappa shape index (κ3) is 7.58. The lowest BCUT2D eigenvalue weighted by atomic mass is 9.97. The molecule has 0 aliphatic carbocycles. The van der Waals surface area contributed by atoms with E-state index in [0.29, 0.717) is 15.8 Å². The van der Waals surface area contributed by atoms with Crippen LogP contribution in [-0.4, -0.2) is 41.4 Å². The van der Waals surface area contributed by atoms with E-state index in [1.807, 2.05) is 72.8 Å². The van der Waals surface area contributed by atoms with E-state index < -0.39 is 0 Å². The Hall–Kier alpha value is -2.90. The zero-order chi connectivity index (χ0) is 26.0. The molecule has 198 valence electrons. The normalized spacial score (nSPS) is 14.1. The highest BCUT2D eigenvalue weighted by Gasteiger charge is 2.33. The first-order chi connectivity index (χ1) is 18.1. The summed E-state index contributed by atoms with van der Waals surface area (Å²) in [6.45, 7) is 8.15. The maximum absolute atomic E-state index is 13.3. The number of thioether (sulfide) groups is 1. The first-order valence-corrected chi connectivity index (χ1v) is 13.9. The quantitative estimate of drug-likeness (QED) is 0.136. The van der Waals surface area contributed by atoms with Crippen LogP contribution in [-0.2, 0) is 4.79 Å². The van der Waals surface area contributed by atoms with Gasteiger partial charge in [-0.2, -0.15) is 0 Å². The average Bonchev–Trinajstić information content (AvgIpc) is 3.23. The summed E-state index contributed by atoms with van der Waals surface area (Å²) in [6, 6.07) is 28.0. The highest BCUT2D eigenvalue weighted by Crippen LogP contribution is 2.36. The fraction of sp³-hybridized carbons (Fsp3) is 0.226. The number of amides is 1. The van der Waals surface area contributed by atoms with Crippen molar-refractivity contribution in [3.05, 3.63) is 113 Å². The van der Waals surface area contributed by atoms with Gasteiger partial charge in [0, 0.05) is 6.54 Å². The van der Waals surface area contributed by atoms with Gasteiger partial charge < -0.3 is 9.64 Å². The first-order valence-electron chi connectivity index (χ1n) is 12.6. The summed E-state index contributed by atoms with van der Waals surface area (Å²) in [7, 11) is 0. The smallest absolute Gasteiger partial charge is 0.270 e. The van der Waals surface area contributed by atoms with Gasteiger partial charge in [0.1, 0.15) is 5.75 Å². The monoisotopic (exact) mass is 564 g/mol. The highest BCUT2D eigenvalue weighted by molar-refractivity contribution is 8.27. The summed E-state index contributed by atoms with van der Waals surface area (Å²) >= 11 is 6.91. The van der Waals surface area contributed by atoms with E-state index in [1.54, 1.807) is 4.90 Å².